The van der Waals surface area contributed by atoms with E-state index in [2.05, 4.69) is 16.9 Å². The Hall–Kier alpha value is -1.44. The first-order chi connectivity index (χ1) is 5.79. The number of aryl methyl sites for hydroxylation is 2. The molecule has 0 N–H and O–H groups in total. The molecule has 0 bridgehead atoms. The molecule has 0 saturated carbocycles. The molecular formula is C10H10N2. The van der Waals surface area contributed by atoms with Crippen molar-refractivity contribution < 1.29 is 0 Å². The van der Waals surface area contributed by atoms with Crippen molar-refractivity contribution in [3.05, 3.63) is 35.9 Å². The van der Waals surface area contributed by atoms with Gasteiger partial charge in [-0.05, 0) is 25.5 Å². The van der Waals surface area contributed by atoms with Crippen molar-refractivity contribution in [1.82, 2.24) is 9.97 Å². The molecular weight excluding hydrogens is 148 g/mol. The average molecular weight is 158 g/mol. The Labute approximate surface area is 71.3 Å². The van der Waals surface area contributed by atoms with E-state index in [9.17, 15) is 0 Å². The van der Waals surface area contributed by atoms with E-state index in [0.29, 0.717) is 0 Å². The zero-order valence-corrected chi connectivity index (χ0v) is 7.20. The minimum absolute atomic E-state index is 1.08. The standard InChI is InChI=1S/C10H10N2/c1-7-5-11-6-9-3-4-12-8(2)10(7)9/h3-6H,1-2H3. The molecule has 0 aliphatic heterocycles. The van der Waals surface area contributed by atoms with E-state index in [-0.39, 0.29) is 0 Å². The van der Waals surface area contributed by atoms with Crippen LogP contribution in [0.2, 0.25) is 0 Å². The summed E-state index contributed by atoms with van der Waals surface area (Å²) in [5.41, 5.74) is 2.27. The van der Waals surface area contributed by atoms with Gasteiger partial charge in [-0.2, -0.15) is 0 Å². The van der Waals surface area contributed by atoms with Gasteiger partial charge in [-0.15, -0.1) is 0 Å². The van der Waals surface area contributed by atoms with Crippen LogP contribution in [0, 0.1) is 13.8 Å². The number of aromatic nitrogens is 2. The smallest absolute Gasteiger partial charge is 0.0454 e. The summed E-state index contributed by atoms with van der Waals surface area (Å²) in [5, 5.41) is 2.40. The normalized spacial score (nSPS) is 10.5. The minimum Gasteiger partial charge on any atom is -0.264 e. The molecule has 0 radical (unpaired) electrons. The van der Waals surface area contributed by atoms with Crippen molar-refractivity contribution in [3.63, 3.8) is 0 Å². The minimum atomic E-state index is 1.08. The first kappa shape index (κ1) is 7.22. The molecule has 12 heavy (non-hydrogen) atoms. The summed E-state index contributed by atoms with van der Waals surface area (Å²) in [6.45, 7) is 4.08. The molecule has 0 aliphatic rings. The lowest BCUT2D eigenvalue weighted by Gasteiger charge is -2.02. The topological polar surface area (TPSA) is 25.8 Å². The van der Waals surface area contributed by atoms with Gasteiger partial charge in [0.25, 0.3) is 0 Å². The monoisotopic (exact) mass is 158 g/mol. The van der Waals surface area contributed by atoms with Gasteiger partial charge < -0.3 is 0 Å². The van der Waals surface area contributed by atoms with E-state index in [1.54, 1.807) is 0 Å². The predicted octanol–water partition coefficient (Wildman–Crippen LogP) is 2.25. The Morgan fingerprint density at radius 3 is 2.75 bits per heavy atom. The van der Waals surface area contributed by atoms with Crippen LogP contribution in [0.3, 0.4) is 0 Å². The molecule has 0 atom stereocenters. The van der Waals surface area contributed by atoms with Gasteiger partial charge in [0.05, 0.1) is 0 Å². The van der Waals surface area contributed by atoms with Crippen LogP contribution in [0.1, 0.15) is 11.3 Å². The van der Waals surface area contributed by atoms with Crippen LogP contribution in [0.15, 0.2) is 24.7 Å². The largest absolute Gasteiger partial charge is 0.264 e. The molecule has 0 fully saturated rings. The van der Waals surface area contributed by atoms with Crippen LogP contribution in [-0.2, 0) is 0 Å². The molecule has 2 heteroatoms. The quantitative estimate of drug-likeness (QED) is 0.587. The second kappa shape index (κ2) is 2.55. The number of hydrogen-bond donors (Lipinski definition) is 0. The first-order valence-electron chi connectivity index (χ1n) is 3.95. The summed E-state index contributed by atoms with van der Waals surface area (Å²) in [6, 6.07) is 1.99. The SMILES string of the molecule is Cc1cncc2ccnc(C)c12. The lowest BCUT2D eigenvalue weighted by atomic mass is 10.1. The van der Waals surface area contributed by atoms with Crippen LogP contribution in [0.25, 0.3) is 10.8 Å². The highest BCUT2D eigenvalue weighted by Crippen LogP contribution is 2.18. The molecule has 2 heterocycles. The lowest BCUT2D eigenvalue weighted by molar-refractivity contribution is 1.21. The van der Waals surface area contributed by atoms with E-state index < -0.39 is 0 Å². The number of fused-ring (bicyclic) bond motifs is 1. The fraction of sp³-hybridized carbons (Fsp3) is 0.200. The number of pyridine rings is 2. The zero-order valence-electron chi connectivity index (χ0n) is 7.20. The van der Waals surface area contributed by atoms with Crippen molar-refractivity contribution >= 4 is 10.8 Å². The van der Waals surface area contributed by atoms with Crippen LogP contribution in [-0.4, -0.2) is 9.97 Å². The number of rotatable bonds is 0. The molecule has 2 aromatic heterocycles. The molecule has 0 amide bonds. The van der Waals surface area contributed by atoms with E-state index in [1.165, 1.54) is 16.3 Å². The Kier molecular flexibility index (Phi) is 1.54. The molecule has 0 saturated heterocycles. The molecule has 60 valence electrons. The highest BCUT2D eigenvalue weighted by atomic mass is 14.7. The summed E-state index contributed by atoms with van der Waals surface area (Å²) in [7, 11) is 0. The maximum Gasteiger partial charge on any atom is 0.0454 e. The van der Waals surface area contributed by atoms with Gasteiger partial charge in [0.1, 0.15) is 0 Å². The molecule has 0 aromatic carbocycles. The molecule has 0 unspecified atom stereocenters. The third-order valence-corrected chi connectivity index (χ3v) is 2.05. The van der Waals surface area contributed by atoms with Crippen LogP contribution in [0.5, 0.6) is 0 Å². The van der Waals surface area contributed by atoms with Gasteiger partial charge in [-0.25, -0.2) is 0 Å². The summed E-state index contributed by atoms with van der Waals surface area (Å²) < 4.78 is 0. The summed E-state index contributed by atoms with van der Waals surface area (Å²) >= 11 is 0. The van der Waals surface area contributed by atoms with Crippen LogP contribution < -0.4 is 0 Å². The number of hydrogen-bond acceptors (Lipinski definition) is 2. The fourth-order valence-electron chi connectivity index (χ4n) is 1.50. The maximum absolute atomic E-state index is 4.24. The summed E-state index contributed by atoms with van der Waals surface area (Å²) in [4.78, 5) is 8.37. The van der Waals surface area contributed by atoms with E-state index >= 15 is 0 Å². The van der Waals surface area contributed by atoms with E-state index in [4.69, 9.17) is 0 Å². The van der Waals surface area contributed by atoms with Gasteiger partial charge in [0, 0.05) is 35.1 Å². The molecule has 0 aliphatic carbocycles. The number of nitrogens with zero attached hydrogens (tertiary/aromatic N) is 2. The van der Waals surface area contributed by atoms with Crippen molar-refractivity contribution in [2.75, 3.05) is 0 Å². The zero-order chi connectivity index (χ0) is 8.55. The predicted molar refractivity (Wildman–Crippen MR) is 49.0 cm³/mol. The highest BCUT2D eigenvalue weighted by Gasteiger charge is 1.99. The summed E-state index contributed by atoms with van der Waals surface area (Å²) in [5.74, 6) is 0. The van der Waals surface area contributed by atoms with Gasteiger partial charge in [-0.1, -0.05) is 0 Å². The van der Waals surface area contributed by atoms with Crippen LogP contribution in [0.4, 0.5) is 0 Å². The van der Waals surface area contributed by atoms with Gasteiger partial charge in [0.2, 0.25) is 0 Å². The second-order valence-corrected chi connectivity index (χ2v) is 2.95. The fourth-order valence-corrected chi connectivity index (χ4v) is 1.50. The Morgan fingerprint density at radius 1 is 1.17 bits per heavy atom. The van der Waals surface area contributed by atoms with Crippen molar-refractivity contribution in [3.8, 4) is 0 Å². The average Bonchev–Trinajstić information content (AvgIpc) is 2.04. The van der Waals surface area contributed by atoms with E-state index in [0.717, 1.165) is 5.69 Å². The van der Waals surface area contributed by atoms with Crippen molar-refractivity contribution in [2.45, 2.75) is 13.8 Å². The van der Waals surface area contributed by atoms with Crippen molar-refractivity contribution in [2.24, 2.45) is 0 Å². The third-order valence-electron chi connectivity index (χ3n) is 2.05. The molecule has 2 aromatic rings. The molecule has 2 rings (SSSR count). The Balaban J connectivity index is 2.96. The summed E-state index contributed by atoms with van der Waals surface area (Å²) in [6.07, 6.45) is 5.56. The Morgan fingerprint density at radius 2 is 2.00 bits per heavy atom. The van der Waals surface area contributed by atoms with Gasteiger partial charge in [0.15, 0.2) is 0 Å². The Bertz CT molecular complexity index is 384. The molecule has 0 spiro atoms. The second-order valence-electron chi connectivity index (χ2n) is 2.95. The first-order valence-corrected chi connectivity index (χ1v) is 3.95. The van der Waals surface area contributed by atoms with Crippen molar-refractivity contribution in [1.29, 1.82) is 0 Å². The van der Waals surface area contributed by atoms with Crippen LogP contribution >= 0.6 is 0 Å². The highest BCUT2D eigenvalue weighted by molar-refractivity contribution is 5.86. The molecule has 2 nitrogen and oxygen atoms in total. The lowest BCUT2D eigenvalue weighted by Crippen LogP contribution is -1.87. The third kappa shape index (κ3) is 0.961. The van der Waals surface area contributed by atoms with E-state index in [1.807, 2.05) is 31.6 Å². The maximum atomic E-state index is 4.24. The van der Waals surface area contributed by atoms with Gasteiger partial charge >= 0.3 is 0 Å². The van der Waals surface area contributed by atoms with Gasteiger partial charge in [-0.3, -0.25) is 9.97 Å².